The van der Waals surface area contributed by atoms with Gasteiger partial charge in [-0.05, 0) is 0 Å². The Bertz CT molecular complexity index is 66.9. The normalized spacial score (nSPS) is 9.67. The van der Waals surface area contributed by atoms with Gasteiger partial charge < -0.3 is 0 Å². The van der Waals surface area contributed by atoms with Crippen LogP contribution in [0.15, 0.2) is 0 Å². The number of rotatable bonds is 4. The first-order valence-electron chi connectivity index (χ1n) is 4.66. The quantitative estimate of drug-likeness (QED) is 0.503. The largest absolute Gasteiger partial charge is 0.237 e. The molecule has 0 atom stereocenters. The van der Waals surface area contributed by atoms with Crippen LogP contribution in [0, 0.1) is 11.8 Å². The second-order valence-corrected chi connectivity index (χ2v) is 6.49. The van der Waals surface area contributed by atoms with Crippen molar-refractivity contribution in [3.05, 3.63) is 0 Å². The molecule has 0 heterocycles. The van der Waals surface area contributed by atoms with E-state index in [4.69, 9.17) is 23.2 Å². The Morgan fingerprint density at radius 3 is 1.33 bits per heavy atom. The van der Waals surface area contributed by atoms with Crippen molar-refractivity contribution in [3.8, 4) is 0 Å². The summed E-state index contributed by atoms with van der Waals surface area (Å²) in [6.07, 6.45) is 0. The predicted octanol–water partition coefficient (Wildman–Crippen LogP) is 3.99. The summed E-state index contributed by atoms with van der Waals surface area (Å²) in [4.78, 5) is 0. The minimum Gasteiger partial charge on any atom is -0.109 e. The highest BCUT2D eigenvalue weighted by Gasteiger charge is 1.99. The molecule has 0 unspecified atom stereocenters. The molecule has 3 heteroatoms. The molecule has 0 radical (unpaired) electrons. The first-order chi connectivity index (χ1) is 5.54. The van der Waals surface area contributed by atoms with Crippen LogP contribution >= 0.6 is 23.2 Å². The summed E-state index contributed by atoms with van der Waals surface area (Å²) in [5, 5.41) is 3.27. The average Bonchev–Trinajstić information content (AvgIpc) is 1.87. The van der Waals surface area contributed by atoms with Crippen molar-refractivity contribution in [2.75, 3.05) is 5.34 Å². The lowest BCUT2D eigenvalue weighted by Gasteiger charge is -2.03. The Morgan fingerprint density at radius 2 is 1.17 bits per heavy atom. The van der Waals surface area contributed by atoms with Crippen LogP contribution in [0.1, 0.15) is 27.7 Å². The van der Waals surface area contributed by atoms with Gasteiger partial charge in [-0.3, -0.25) is 0 Å². The Hall–Kier alpha value is 1.11. The monoisotopic (exact) mass is 226 g/mol. The average molecular weight is 227 g/mol. The first kappa shape index (κ1) is 15.6. The van der Waals surface area contributed by atoms with Gasteiger partial charge in [0.15, 0.2) is 0 Å². The molecule has 0 aliphatic heterocycles. The van der Waals surface area contributed by atoms with E-state index in [2.05, 4.69) is 27.7 Å². The Labute approximate surface area is 93.7 Å². The number of hydrogen-bond acceptors (Lipinski definition) is 0. The fraction of sp³-hybridized carbons (Fsp3) is 1.00. The van der Waals surface area contributed by atoms with Crippen LogP contribution in [0.25, 0.3) is 0 Å². The van der Waals surface area contributed by atoms with Crippen molar-refractivity contribution < 1.29 is 0 Å². The van der Waals surface area contributed by atoms with E-state index in [1.54, 1.807) is 0 Å². The number of halogens is 2. The van der Waals surface area contributed by atoms with E-state index in [0.29, 0.717) is 15.2 Å². The minimum atomic E-state index is 0.194. The molecular formula is C9H21AlCl2. The topological polar surface area (TPSA) is 0 Å². The van der Waals surface area contributed by atoms with Crippen LogP contribution in [0.5, 0.6) is 0 Å². The van der Waals surface area contributed by atoms with E-state index in [0.717, 1.165) is 11.8 Å². The molecule has 0 N–H and O–H groups in total. The third-order valence-electron chi connectivity index (χ3n) is 1.56. The molecule has 0 saturated heterocycles. The number of alkyl halides is 2. The lowest BCUT2D eigenvalue weighted by molar-refractivity contribution is 0.700. The maximum absolute atomic E-state index is 4.76. The molecule has 0 aromatic heterocycles. The van der Waals surface area contributed by atoms with Gasteiger partial charge in [-0.15, -0.1) is 23.2 Å². The Kier molecular flexibility index (Phi) is 15.7. The fourth-order valence-corrected chi connectivity index (χ4v) is 2.80. The fourth-order valence-electron chi connectivity index (χ4n) is 0.934. The maximum Gasteiger partial charge on any atom is 0.237 e. The molecule has 0 aliphatic rings. The lowest BCUT2D eigenvalue weighted by Crippen LogP contribution is -1.99. The third kappa shape index (κ3) is 22.5. The summed E-state index contributed by atoms with van der Waals surface area (Å²) in [6.45, 7) is 9.31. The maximum atomic E-state index is 4.76. The van der Waals surface area contributed by atoms with E-state index in [-0.39, 0.29) is 5.34 Å². The zero-order chi connectivity index (χ0) is 9.98. The summed E-state index contributed by atoms with van der Waals surface area (Å²) < 4.78 is 0. The van der Waals surface area contributed by atoms with E-state index in [1.807, 2.05) is 0 Å². The van der Waals surface area contributed by atoms with Gasteiger partial charge in [-0.2, -0.15) is 0 Å². The summed E-state index contributed by atoms with van der Waals surface area (Å²) >= 11 is 9.84. The predicted molar refractivity (Wildman–Crippen MR) is 63.0 cm³/mol. The van der Waals surface area contributed by atoms with Crippen molar-refractivity contribution >= 4 is 38.4 Å². The molecule has 74 valence electrons. The number of hydrogen-bond donors (Lipinski definition) is 0. The van der Waals surface area contributed by atoms with Gasteiger partial charge in [0.1, 0.15) is 0 Å². The minimum absolute atomic E-state index is 0.194. The molecular weight excluding hydrogens is 206 g/mol. The molecule has 0 rings (SSSR count). The highest BCUT2D eigenvalue weighted by Crippen LogP contribution is 2.05. The lowest BCUT2D eigenvalue weighted by atomic mass is 10.3. The smallest absolute Gasteiger partial charge is 0.109 e. The van der Waals surface area contributed by atoms with Crippen LogP contribution in [0.4, 0.5) is 0 Å². The Balaban J connectivity index is 0. The van der Waals surface area contributed by atoms with Crippen LogP contribution < -0.4 is 0 Å². The Morgan fingerprint density at radius 1 is 0.917 bits per heavy atom. The van der Waals surface area contributed by atoms with Crippen molar-refractivity contribution in [3.63, 3.8) is 0 Å². The van der Waals surface area contributed by atoms with Crippen molar-refractivity contribution in [2.24, 2.45) is 11.8 Å². The van der Waals surface area contributed by atoms with Crippen molar-refractivity contribution in [2.45, 2.75) is 38.3 Å². The van der Waals surface area contributed by atoms with Crippen LogP contribution in [0.2, 0.25) is 10.6 Å². The summed E-state index contributed by atoms with van der Waals surface area (Å²) in [7, 11) is 0. The standard InChI is InChI=1S/2C4H9.CH2Cl2.Al.H/c2*1-4(2)3;2-1-3;;/h2*4H,1H2,2-3H3;1H2;;. The van der Waals surface area contributed by atoms with E-state index < -0.39 is 0 Å². The van der Waals surface area contributed by atoms with Gasteiger partial charge in [-0.1, -0.05) is 50.1 Å². The molecule has 0 aliphatic carbocycles. The summed E-state index contributed by atoms with van der Waals surface area (Å²) in [6, 6.07) is 0. The summed E-state index contributed by atoms with van der Waals surface area (Å²) in [5.41, 5.74) is 0. The molecule has 0 saturated carbocycles. The van der Waals surface area contributed by atoms with Crippen LogP contribution in [-0.2, 0) is 0 Å². The third-order valence-corrected chi connectivity index (χ3v) is 4.69. The van der Waals surface area contributed by atoms with Gasteiger partial charge in [0, 0.05) is 0 Å². The molecule has 0 spiro atoms. The molecule has 12 heavy (non-hydrogen) atoms. The zero-order valence-corrected chi connectivity index (χ0v) is 11.7. The second kappa shape index (κ2) is 12.1. The van der Waals surface area contributed by atoms with E-state index >= 15 is 0 Å². The highest BCUT2D eigenvalue weighted by molar-refractivity contribution is 6.40. The molecule has 0 amide bonds. The molecule has 0 nitrogen and oxygen atoms in total. The van der Waals surface area contributed by atoms with Gasteiger partial charge in [0.25, 0.3) is 0 Å². The first-order valence-corrected chi connectivity index (χ1v) is 7.73. The van der Waals surface area contributed by atoms with E-state index in [9.17, 15) is 0 Å². The summed E-state index contributed by atoms with van der Waals surface area (Å²) in [5.74, 6) is 1.91. The van der Waals surface area contributed by atoms with Crippen LogP contribution in [-0.4, -0.2) is 20.6 Å². The second-order valence-electron chi connectivity index (χ2n) is 3.82. The van der Waals surface area contributed by atoms with Gasteiger partial charge >= 0.3 is 0 Å². The highest BCUT2D eigenvalue weighted by atomic mass is 35.5. The van der Waals surface area contributed by atoms with E-state index in [1.165, 1.54) is 10.6 Å². The molecule has 0 bridgehead atoms. The van der Waals surface area contributed by atoms with Gasteiger partial charge in [0.05, 0.1) is 5.34 Å². The van der Waals surface area contributed by atoms with Crippen molar-refractivity contribution in [1.82, 2.24) is 0 Å². The SMILES string of the molecule is CC(C)[CH2][AlH][CH2]C(C)C.ClCCl. The van der Waals surface area contributed by atoms with Gasteiger partial charge in [0.2, 0.25) is 15.2 Å². The van der Waals surface area contributed by atoms with Gasteiger partial charge in [-0.25, -0.2) is 0 Å². The van der Waals surface area contributed by atoms with Crippen molar-refractivity contribution in [1.29, 1.82) is 0 Å². The molecule has 0 fully saturated rings. The molecule has 0 aromatic carbocycles. The molecule has 0 aromatic rings. The van der Waals surface area contributed by atoms with Crippen LogP contribution in [0.3, 0.4) is 0 Å². The zero-order valence-electron chi connectivity index (χ0n) is 8.74.